The fourth-order valence-corrected chi connectivity index (χ4v) is 3.25. The van der Waals surface area contributed by atoms with Crippen LogP contribution in [0, 0.1) is 5.92 Å². The van der Waals surface area contributed by atoms with Gasteiger partial charge < -0.3 is 4.90 Å². The maximum atomic E-state index is 12.7. The van der Waals surface area contributed by atoms with Crippen LogP contribution in [0.1, 0.15) is 30.4 Å². The summed E-state index contributed by atoms with van der Waals surface area (Å²) in [6.07, 6.45) is 0.911. The molecule has 0 saturated heterocycles. The molecule has 1 saturated carbocycles. The van der Waals surface area contributed by atoms with Gasteiger partial charge in [0.05, 0.1) is 0 Å². The quantitative estimate of drug-likeness (QED) is 0.796. The molecule has 0 radical (unpaired) electrons. The molecule has 0 aliphatic heterocycles. The van der Waals surface area contributed by atoms with E-state index in [1.54, 1.807) is 0 Å². The van der Waals surface area contributed by atoms with Crippen LogP contribution >= 0.6 is 11.6 Å². The van der Waals surface area contributed by atoms with Crippen LogP contribution in [0.25, 0.3) is 0 Å². The third kappa shape index (κ3) is 3.17. The van der Waals surface area contributed by atoms with Crippen LogP contribution in [0.5, 0.6) is 0 Å². The lowest BCUT2D eigenvalue weighted by Crippen LogP contribution is -2.31. The number of carbonyl (C=O) groups is 1. The molecule has 1 amide bonds. The third-order valence-electron chi connectivity index (χ3n) is 4.32. The summed E-state index contributed by atoms with van der Waals surface area (Å²) in [6, 6.07) is 18.0. The number of nitrogens with zero attached hydrogens (tertiary/aromatic N) is 1. The summed E-state index contributed by atoms with van der Waals surface area (Å²) < 4.78 is 0. The standard InChI is InChI=1S/C19H20ClNO/c1-2-21(13-14-8-4-3-5-9-14)19(22)17-12-16(17)15-10-6-7-11-18(15)20/h3-11,16-17H,2,12-13H2,1H3. The molecular weight excluding hydrogens is 294 g/mol. The van der Waals surface area contributed by atoms with Crippen molar-refractivity contribution in [2.75, 3.05) is 6.54 Å². The number of benzene rings is 2. The number of hydrogen-bond acceptors (Lipinski definition) is 1. The Morgan fingerprint density at radius 3 is 2.50 bits per heavy atom. The highest BCUT2D eigenvalue weighted by Crippen LogP contribution is 2.50. The molecule has 1 aliphatic rings. The minimum Gasteiger partial charge on any atom is -0.338 e. The maximum absolute atomic E-state index is 12.7. The molecule has 114 valence electrons. The maximum Gasteiger partial charge on any atom is 0.226 e. The Morgan fingerprint density at radius 2 is 1.82 bits per heavy atom. The van der Waals surface area contributed by atoms with Crippen LogP contribution in [-0.4, -0.2) is 17.4 Å². The predicted octanol–water partition coefficient (Wildman–Crippen LogP) is 4.49. The zero-order valence-electron chi connectivity index (χ0n) is 12.7. The lowest BCUT2D eigenvalue weighted by atomic mass is 10.1. The highest BCUT2D eigenvalue weighted by Gasteiger charge is 2.46. The first kappa shape index (κ1) is 15.1. The van der Waals surface area contributed by atoms with Gasteiger partial charge in [0.1, 0.15) is 0 Å². The van der Waals surface area contributed by atoms with E-state index < -0.39 is 0 Å². The average Bonchev–Trinajstić information content (AvgIpc) is 3.34. The molecule has 2 aromatic rings. The first-order chi connectivity index (χ1) is 10.7. The molecule has 22 heavy (non-hydrogen) atoms. The molecule has 1 aliphatic carbocycles. The van der Waals surface area contributed by atoms with E-state index in [-0.39, 0.29) is 17.7 Å². The second-order valence-corrected chi connectivity index (χ2v) is 6.22. The molecule has 0 heterocycles. The van der Waals surface area contributed by atoms with E-state index in [0.29, 0.717) is 6.54 Å². The van der Waals surface area contributed by atoms with Crippen molar-refractivity contribution in [3.63, 3.8) is 0 Å². The number of rotatable bonds is 5. The van der Waals surface area contributed by atoms with Gasteiger partial charge in [0, 0.05) is 24.0 Å². The van der Waals surface area contributed by atoms with Crippen LogP contribution in [0.15, 0.2) is 54.6 Å². The summed E-state index contributed by atoms with van der Waals surface area (Å²) in [5.41, 5.74) is 2.28. The summed E-state index contributed by atoms with van der Waals surface area (Å²) in [5.74, 6) is 0.617. The molecule has 2 unspecified atom stereocenters. The summed E-state index contributed by atoms with van der Waals surface area (Å²) in [6.45, 7) is 3.45. The number of amides is 1. The minimum atomic E-state index is 0.0866. The monoisotopic (exact) mass is 313 g/mol. The second kappa shape index (κ2) is 6.53. The van der Waals surface area contributed by atoms with Gasteiger partial charge in [0.15, 0.2) is 0 Å². The van der Waals surface area contributed by atoms with Crippen molar-refractivity contribution in [2.45, 2.75) is 25.8 Å². The number of halogens is 1. The van der Waals surface area contributed by atoms with Gasteiger partial charge in [-0.3, -0.25) is 4.79 Å². The molecule has 3 rings (SSSR count). The van der Waals surface area contributed by atoms with E-state index in [4.69, 9.17) is 11.6 Å². The van der Waals surface area contributed by atoms with Crippen molar-refractivity contribution >= 4 is 17.5 Å². The summed E-state index contributed by atoms with van der Waals surface area (Å²) in [5, 5.41) is 0.772. The molecular formula is C19H20ClNO. The molecule has 1 fully saturated rings. The SMILES string of the molecule is CCN(Cc1ccccc1)C(=O)C1CC1c1ccccc1Cl. The van der Waals surface area contributed by atoms with Crippen molar-refractivity contribution < 1.29 is 4.79 Å². The van der Waals surface area contributed by atoms with E-state index in [1.165, 1.54) is 5.56 Å². The fourth-order valence-electron chi connectivity index (χ4n) is 2.97. The first-order valence-electron chi connectivity index (χ1n) is 7.78. The normalized spacial score (nSPS) is 19.7. The molecule has 2 nitrogen and oxygen atoms in total. The highest BCUT2D eigenvalue weighted by atomic mass is 35.5. The van der Waals surface area contributed by atoms with Crippen molar-refractivity contribution in [1.29, 1.82) is 0 Å². The largest absolute Gasteiger partial charge is 0.338 e. The van der Waals surface area contributed by atoms with Gasteiger partial charge in [-0.2, -0.15) is 0 Å². The molecule has 0 bridgehead atoms. The Hall–Kier alpha value is -1.80. The Bertz CT molecular complexity index is 655. The molecule has 0 N–H and O–H groups in total. The van der Waals surface area contributed by atoms with Gasteiger partial charge in [-0.05, 0) is 36.5 Å². The topological polar surface area (TPSA) is 20.3 Å². The van der Waals surface area contributed by atoms with E-state index in [0.717, 1.165) is 23.6 Å². The molecule has 0 spiro atoms. The van der Waals surface area contributed by atoms with E-state index in [1.807, 2.05) is 54.3 Å². The van der Waals surface area contributed by atoms with Gasteiger partial charge in [-0.15, -0.1) is 0 Å². The van der Waals surface area contributed by atoms with E-state index >= 15 is 0 Å². The van der Waals surface area contributed by atoms with Gasteiger partial charge in [0.2, 0.25) is 5.91 Å². The second-order valence-electron chi connectivity index (χ2n) is 5.81. The van der Waals surface area contributed by atoms with Crippen LogP contribution in [-0.2, 0) is 11.3 Å². The molecule has 2 atom stereocenters. The van der Waals surface area contributed by atoms with Crippen molar-refractivity contribution in [3.8, 4) is 0 Å². The van der Waals surface area contributed by atoms with Crippen molar-refractivity contribution in [3.05, 3.63) is 70.7 Å². The van der Waals surface area contributed by atoms with Crippen LogP contribution in [0.4, 0.5) is 0 Å². The number of carbonyl (C=O) groups excluding carboxylic acids is 1. The fraction of sp³-hybridized carbons (Fsp3) is 0.316. The smallest absolute Gasteiger partial charge is 0.226 e. The first-order valence-corrected chi connectivity index (χ1v) is 8.15. The van der Waals surface area contributed by atoms with Crippen molar-refractivity contribution in [1.82, 2.24) is 4.90 Å². The van der Waals surface area contributed by atoms with Gasteiger partial charge in [-0.25, -0.2) is 0 Å². The Balaban J connectivity index is 1.68. The molecule has 3 heteroatoms. The Morgan fingerprint density at radius 1 is 1.14 bits per heavy atom. The zero-order valence-corrected chi connectivity index (χ0v) is 13.5. The molecule has 0 aromatic heterocycles. The number of hydrogen-bond donors (Lipinski definition) is 0. The summed E-state index contributed by atoms with van der Waals surface area (Å²) >= 11 is 6.25. The van der Waals surface area contributed by atoms with Crippen LogP contribution in [0.3, 0.4) is 0 Å². The minimum absolute atomic E-state index is 0.0866. The molecule has 2 aromatic carbocycles. The van der Waals surface area contributed by atoms with Crippen molar-refractivity contribution in [2.24, 2.45) is 5.92 Å². The Kier molecular flexibility index (Phi) is 4.49. The zero-order chi connectivity index (χ0) is 15.5. The average molecular weight is 314 g/mol. The van der Waals surface area contributed by atoms with Gasteiger partial charge in [-0.1, -0.05) is 60.1 Å². The lowest BCUT2D eigenvalue weighted by molar-refractivity contribution is -0.133. The highest BCUT2D eigenvalue weighted by molar-refractivity contribution is 6.31. The summed E-state index contributed by atoms with van der Waals surface area (Å²) in [7, 11) is 0. The van der Waals surface area contributed by atoms with Crippen LogP contribution < -0.4 is 0 Å². The van der Waals surface area contributed by atoms with E-state index in [9.17, 15) is 4.79 Å². The predicted molar refractivity (Wildman–Crippen MR) is 89.8 cm³/mol. The van der Waals surface area contributed by atoms with Gasteiger partial charge >= 0.3 is 0 Å². The lowest BCUT2D eigenvalue weighted by Gasteiger charge is -2.21. The van der Waals surface area contributed by atoms with Crippen LogP contribution in [0.2, 0.25) is 5.02 Å². The summed E-state index contributed by atoms with van der Waals surface area (Å²) in [4.78, 5) is 14.7. The van der Waals surface area contributed by atoms with Gasteiger partial charge in [0.25, 0.3) is 0 Å². The Labute approximate surface area is 136 Å². The van der Waals surface area contributed by atoms with E-state index in [2.05, 4.69) is 12.1 Å². The third-order valence-corrected chi connectivity index (χ3v) is 4.67.